The zero-order valence-corrected chi connectivity index (χ0v) is 11.7. The largest absolute Gasteiger partial charge is 0.491 e. The summed E-state index contributed by atoms with van der Waals surface area (Å²) in [5.74, 6) is -0.344. The molecule has 122 valence electrons. The van der Waals surface area contributed by atoms with Crippen molar-refractivity contribution in [1.29, 1.82) is 0 Å². The molecule has 5 nitrogen and oxygen atoms in total. The Morgan fingerprint density at radius 2 is 2.14 bits per heavy atom. The van der Waals surface area contributed by atoms with E-state index in [-0.39, 0.29) is 24.8 Å². The van der Waals surface area contributed by atoms with Crippen LogP contribution in [0.3, 0.4) is 0 Å². The molecule has 2 rings (SSSR count). The number of carbonyl (C=O) groups is 1. The topological polar surface area (TPSA) is 84.6 Å². The van der Waals surface area contributed by atoms with Crippen molar-refractivity contribution >= 4 is 5.91 Å². The molecule has 0 heterocycles. The number of nitrogens with two attached hydrogens (primary N) is 1. The first-order chi connectivity index (χ1) is 10.2. The monoisotopic (exact) mass is 318 g/mol. The summed E-state index contributed by atoms with van der Waals surface area (Å²) in [6.07, 6.45) is -4.28. The van der Waals surface area contributed by atoms with E-state index in [2.05, 4.69) is 5.32 Å². The average Bonchev–Trinajstić information content (AvgIpc) is 3.21. The van der Waals surface area contributed by atoms with Gasteiger partial charge in [0.15, 0.2) is 0 Å². The lowest BCUT2D eigenvalue weighted by Gasteiger charge is -2.16. The first-order valence-corrected chi connectivity index (χ1v) is 6.76. The SMILES string of the molecule is NC1(C(=O)NCC(O)COc2cccc(C(F)(F)F)c2)CC1. The molecule has 8 heteroatoms. The number of hydrogen-bond acceptors (Lipinski definition) is 4. The second-order valence-electron chi connectivity index (χ2n) is 5.36. The fourth-order valence-electron chi connectivity index (χ4n) is 1.76. The van der Waals surface area contributed by atoms with Gasteiger partial charge in [-0.05, 0) is 31.0 Å². The van der Waals surface area contributed by atoms with Gasteiger partial charge in [-0.2, -0.15) is 13.2 Å². The van der Waals surface area contributed by atoms with E-state index in [0.29, 0.717) is 12.8 Å². The van der Waals surface area contributed by atoms with E-state index in [1.807, 2.05) is 0 Å². The average molecular weight is 318 g/mol. The highest BCUT2D eigenvalue weighted by Gasteiger charge is 2.45. The van der Waals surface area contributed by atoms with Crippen LogP contribution in [-0.2, 0) is 11.0 Å². The molecule has 0 aliphatic heterocycles. The quantitative estimate of drug-likeness (QED) is 0.732. The van der Waals surface area contributed by atoms with Crippen LogP contribution in [0.4, 0.5) is 13.2 Å². The number of nitrogens with one attached hydrogen (secondary N) is 1. The number of benzene rings is 1. The number of aliphatic hydroxyl groups is 1. The van der Waals surface area contributed by atoms with Crippen LogP contribution in [0.25, 0.3) is 0 Å². The zero-order chi connectivity index (χ0) is 16.4. The van der Waals surface area contributed by atoms with E-state index in [1.54, 1.807) is 0 Å². The molecule has 4 N–H and O–H groups in total. The van der Waals surface area contributed by atoms with E-state index in [4.69, 9.17) is 10.5 Å². The van der Waals surface area contributed by atoms with Crippen LogP contribution in [0.1, 0.15) is 18.4 Å². The van der Waals surface area contributed by atoms with E-state index in [0.717, 1.165) is 12.1 Å². The lowest BCUT2D eigenvalue weighted by Crippen LogP contribution is -2.46. The molecule has 1 atom stereocenters. The minimum absolute atomic E-state index is 0.00214. The van der Waals surface area contributed by atoms with Gasteiger partial charge in [-0.3, -0.25) is 4.79 Å². The van der Waals surface area contributed by atoms with Gasteiger partial charge in [0.25, 0.3) is 0 Å². The van der Waals surface area contributed by atoms with Gasteiger partial charge in [0, 0.05) is 6.54 Å². The highest BCUT2D eigenvalue weighted by Crippen LogP contribution is 2.32. The number of halogens is 3. The van der Waals surface area contributed by atoms with E-state index in [1.165, 1.54) is 12.1 Å². The maximum atomic E-state index is 12.5. The number of rotatable bonds is 6. The Hall–Kier alpha value is -1.80. The molecule has 0 bridgehead atoms. The summed E-state index contributed by atoms with van der Waals surface area (Å²) < 4.78 is 42.7. The van der Waals surface area contributed by atoms with Crippen LogP contribution < -0.4 is 15.8 Å². The van der Waals surface area contributed by atoms with Crippen LogP contribution in [0.15, 0.2) is 24.3 Å². The summed E-state index contributed by atoms with van der Waals surface area (Å²) in [7, 11) is 0. The molecule has 1 aliphatic rings. The molecule has 1 saturated carbocycles. The van der Waals surface area contributed by atoms with Crippen molar-refractivity contribution in [3.05, 3.63) is 29.8 Å². The number of aliphatic hydroxyl groups excluding tert-OH is 1. The zero-order valence-electron chi connectivity index (χ0n) is 11.7. The van der Waals surface area contributed by atoms with Crippen LogP contribution in [-0.4, -0.2) is 35.8 Å². The van der Waals surface area contributed by atoms with E-state index in [9.17, 15) is 23.1 Å². The minimum atomic E-state index is -4.45. The predicted octanol–water partition coefficient (Wildman–Crippen LogP) is 1.05. The molecule has 1 aromatic carbocycles. The Morgan fingerprint density at radius 3 is 2.73 bits per heavy atom. The second kappa shape index (κ2) is 6.13. The Balaban J connectivity index is 1.78. The lowest BCUT2D eigenvalue weighted by atomic mass is 10.2. The Kier molecular flexibility index (Phi) is 4.62. The molecule has 22 heavy (non-hydrogen) atoms. The highest BCUT2D eigenvalue weighted by atomic mass is 19.4. The Bertz CT molecular complexity index is 544. The fraction of sp³-hybridized carbons (Fsp3) is 0.500. The molecule has 1 unspecified atom stereocenters. The van der Waals surface area contributed by atoms with Gasteiger partial charge in [0.1, 0.15) is 18.5 Å². The van der Waals surface area contributed by atoms with Crippen molar-refractivity contribution in [3.63, 3.8) is 0 Å². The van der Waals surface area contributed by atoms with Gasteiger partial charge >= 0.3 is 6.18 Å². The summed E-state index contributed by atoms with van der Waals surface area (Å²) in [5.41, 5.74) is 4.01. The lowest BCUT2D eigenvalue weighted by molar-refractivity contribution is -0.137. The fourth-order valence-corrected chi connectivity index (χ4v) is 1.76. The molecular formula is C14H17F3N2O3. The van der Waals surface area contributed by atoms with Crippen LogP contribution in [0, 0.1) is 0 Å². The predicted molar refractivity (Wildman–Crippen MR) is 72.1 cm³/mol. The summed E-state index contributed by atoms with van der Waals surface area (Å²) >= 11 is 0. The standard InChI is InChI=1S/C14H17F3N2O3/c15-14(16,17)9-2-1-3-11(6-9)22-8-10(20)7-19-12(21)13(18)4-5-13/h1-3,6,10,20H,4-5,7-8,18H2,(H,19,21). The van der Waals surface area contributed by atoms with E-state index >= 15 is 0 Å². The number of amides is 1. The van der Waals surface area contributed by atoms with Crippen molar-refractivity contribution in [1.82, 2.24) is 5.32 Å². The van der Waals surface area contributed by atoms with Crippen molar-refractivity contribution in [2.45, 2.75) is 30.7 Å². The smallest absolute Gasteiger partial charge is 0.416 e. The van der Waals surface area contributed by atoms with E-state index < -0.39 is 23.4 Å². The highest BCUT2D eigenvalue weighted by molar-refractivity contribution is 5.88. The van der Waals surface area contributed by atoms with Gasteiger partial charge in [-0.15, -0.1) is 0 Å². The molecule has 1 fully saturated rings. The third kappa shape index (κ3) is 4.35. The van der Waals surface area contributed by atoms with Gasteiger partial charge in [-0.25, -0.2) is 0 Å². The first kappa shape index (κ1) is 16.6. The van der Waals surface area contributed by atoms with Crippen molar-refractivity contribution in [3.8, 4) is 5.75 Å². The molecule has 1 aromatic rings. The first-order valence-electron chi connectivity index (χ1n) is 6.76. The summed E-state index contributed by atoms with van der Waals surface area (Å²) in [5, 5.41) is 12.2. The minimum Gasteiger partial charge on any atom is -0.491 e. The normalized spacial score (nSPS) is 17.7. The van der Waals surface area contributed by atoms with Gasteiger partial charge in [-0.1, -0.05) is 6.07 Å². The maximum Gasteiger partial charge on any atom is 0.416 e. The van der Waals surface area contributed by atoms with Gasteiger partial charge in [0.2, 0.25) is 5.91 Å². The molecular weight excluding hydrogens is 301 g/mol. The number of ether oxygens (including phenoxy) is 1. The van der Waals surface area contributed by atoms with Crippen LogP contribution in [0.2, 0.25) is 0 Å². The third-order valence-corrected chi connectivity index (χ3v) is 3.34. The van der Waals surface area contributed by atoms with Crippen molar-refractivity contribution in [2.75, 3.05) is 13.2 Å². The summed E-state index contributed by atoms with van der Waals surface area (Å²) in [6.45, 7) is -0.310. The van der Waals surface area contributed by atoms with Crippen molar-refractivity contribution < 1.29 is 27.8 Å². The molecule has 0 aromatic heterocycles. The molecule has 0 saturated heterocycles. The van der Waals surface area contributed by atoms with Crippen molar-refractivity contribution in [2.24, 2.45) is 5.73 Å². The third-order valence-electron chi connectivity index (χ3n) is 3.34. The number of hydrogen-bond donors (Lipinski definition) is 3. The van der Waals surface area contributed by atoms with Crippen LogP contribution in [0.5, 0.6) is 5.75 Å². The number of alkyl halides is 3. The summed E-state index contributed by atoms with van der Waals surface area (Å²) in [6, 6.07) is 4.36. The Morgan fingerprint density at radius 1 is 1.45 bits per heavy atom. The summed E-state index contributed by atoms with van der Waals surface area (Å²) in [4.78, 5) is 11.5. The number of carbonyl (C=O) groups excluding carboxylic acids is 1. The second-order valence-corrected chi connectivity index (χ2v) is 5.36. The molecule has 1 amide bonds. The molecule has 0 spiro atoms. The molecule has 1 aliphatic carbocycles. The van der Waals surface area contributed by atoms with Gasteiger partial charge in [0.05, 0.1) is 11.1 Å². The van der Waals surface area contributed by atoms with Crippen LogP contribution >= 0.6 is 0 Å². The van der Waals surface area contributed by atoms with Gasteiger partial charge < -0.3 is 20.9 Å². The molecule has 0 radical (unpaired) electrons. The maximum absolute atomic E-state index is 12.5. The Labute approximate surface area is 125 Å².